The molecule has 0 aromatic rings. The summed E-state index contributed by atoms with van der Waals surface area (Å²) in [7, 11) is 1.80. The van der Waals surface area contributed by atoms with E-state index < -0.39 is 5.72 Å². The average molecular weight is 203 g/mol. The molecule has 3 nitrogen and oxygen atoms in total. The lowest BCUT2D eigenvalue weighted by Gasteiger charge is -2.31. The van der Waals surface area contributed by atoms with Gasteiger partial charge in [0.25, 0.3) is 0 Å². The van der Waals surface area contributed by atoms with E-state index in [1.54, 1.807) is 7.05 Å². The van der Waals surface area contributed by atoms with Crippen molar-refractivity contribution in [2.45, 2.75) is 18.6 Å². The lowest BCUT2D eigenvalue weighted by atomic mass is 10.0. The molecule has 1 saturated heterocycles. The average Bonchev–Trinajstić information content (AvgIpc) is 1.90. The standard InChI is InChI=1S/C6H14N2O.2ClH/c1-7-6(9)2-4-8-5-3-6;;/h7-9H,2-5H2,1H3;2*1H. The van der Waals surface area contributed by atoms with Crippen LogP contribution in [0.4, 0.5) is 0 Å². The summed E-state index contributed by atoms with van der Waals surface area (Å²) in [6, 6.07) is 0. The predicted octanol–water partition coefficient (Wildman–Crippen LogP) is 0.121. The van der Waals surface area contributed by atoms with Crippen molar-refractivity contribution in [2.24, 2.45) is 0 Å². The Bertz CT molecular complexity index is 96.6. The molecule has 0 aromatic carbocycles. The largest absolute Gasteiger partial charge is 0.376 e. The Balaban J connectivity index is 0. The van der Waals surface area contributed by atoms with E-state index in [1.165, 1.54) is 0 Å². The fourth-order valence-corrected chi connectivity index (χ4v) is 1.09. The Morgan fingerprint density at radius 2 is 1.73 bits per heavy atom. The molecule has 0 aliphatic carbocycles. The maximum Gasteiger partial charge on any atom is 0.118 e. The molecule has 0 saturated carbocycles. The third-order valence-corrected chi connectivity index (χ3v) is 1.90. The second-order valence-electron chi connectivity index (χ2n) is 2.53. The van der Waals surface area contributed by atoms with Crippen molar-refractivity contribution in [3.05, 3.63) is 0 Å². The number of piperidine rings is 1. The summed E-state index contributed by atoms with van der Waals surface area (Å²) in [6.07, 6.45) is 1.62. The summed E-state index contributed by atoms with van der Waals surface area (Å²) in [5, 5.41) is 15.6. The normalized spacial score (nSPS) is 21.3. The van der Waals surface area contributed by atoms with Gasteiger partial charge in [-0.1, -0.05) is 0 Å². The van der Waals surface area contributed by atoms with E-state index in [4.69, 9.17) is 0 Å². The molecule has 11 heavy (non-hydrogen) atoms. The minimum atomic E-state index is -0.592. The summed E-state index contributed by atoms with van der Waals surface area (Å²) in [6.45, 7) is 1.83. The third kappa shape index (κ3) is 4.13. The molecule has 1 aliphatic rings. The number of halogens is 2. The summed E-state index contributed by atoms with van der Waals surface area (Å²) in [4.78, 5) is 0. The topological polar surface area (TPSA) is 44.3 Å². The number of rotatable bonds is 1. The van der Waals surface area contributed by atoms with Gasteiger partial charge in [0.05, 0.1) is 0 Å². The van der Waals surface area contributed by atoms with Crippen molar-refractivity contribution >= 4 is 24.8 Å². The molecule has 1 rings (SSSR count). The lowest BCUT2D eigenvalue weighted by molar-refractivity contribution is -0.0149. The minimum absolute atomic E-state index is 0. The number of nitrogens with one attached hydrogen (secondary N) is 2. The van der Waals surface area contributed by atoms with Crippen molar-refractivity contribution < 1.29 is 5.11 Å². The van der Waals surface area contributed by atoms with Gasteiger partial charge in [0.2, 0.25) is 0 Å². The predicted molar refractivity (Wildman–Crippen MR) is 50.6 cm³/mol. The van der Waals surface area contributed by atoms with Crippen LogP contribution in [0.2, 0.25) is 0 Å². The Morgan fingerprint density at radius 1 is 1.27 bits per heavy atom. The zero-order valence-electron chi connectivity index (χ0n) is 6.59. The van der Waals surface area contributed by atoms with Gasteiger partial charge in [0.15, 0.2) is 0 Å². The smallest absolute Gasteiger partial charge is 0.118 e. The number of hydrogen-bond acceptors (Lipinski definition) is 3. The second-order valence-corrected chi connectivity index (χ2v) is 2.53. The molecule has 5 heteroatoms. The van der Waals surface area contributed by atoms with E-state index in [-0.39, 0.29) is 24.8 Å². The van der Waals surface area contributed by atoms with Crippen molar-refractivity contribution in [3.8, 4) is 0 Å². The maximum atomic E-state index is 9.53. The van der Waals surface area contributed by atoms with E-state index in [0.29, 0.717) is 0 Å². The van der Waals surface area contributed by atoms with Crippen LogP contribution in [-0.4, -0.2) is 31.0 Å². The highest BCUT2D eigenvalue weighted by atomic mass is 35.5. The molecule has 0 aromatic heterocycles. The summed E-state index contributed by atoms with van der Waals surface area (Å²) >= 11 is 0. The van der Waals surface area contributed by atoms with Gasteiger partial charge in [-0.3, -0.25) is 5.32 Å². The van der Waals surface area contributed by atoms with Gasteiger partial charge in [-0.2, -0.15) is 0 Å². The van der Waals surface area contributed by atoms with Gasteiger partial charge in [-0.05, 0) is 20.1 Å². The van der Waals surface area contributed by atoms with Crippen molar-refractivity contribution in [1.29, 1.82) is 0 Å². The van der Waals surface area contributed by atoms with Crippen LogP contribution in [0.3, 0.4) is 0 Å². The Kier molecular flexibility index (Phi) is 7.68. The summed E-state index contributed by atoms with van der Waals surface area (Å²) in [5.74, 6) is 0. The van der Waals surface area contributed by atoms with Crippen LogP contribution in [0, 0.1) is 0 Å². The minimum Gasteiger partial charge on any atom is -0.376 e. The molecular formula is C6H16Cl2N2O. The highest BCUT2D eigenvalue weighted by molar-refractivity contribution is 5.85. The first-order valence-corrected chi connectivity index (χ1v) is 3.39. The van der Waals surface area contributed by atoms with E-state index >= 15 is 0 Å². The zero-order valence-corrected chi connectivity index (χ0v) is 8.23. The highest BCUT2D eigenvalue weighted by Crippen LogP contribution is 2.12. The van der Waals surface area contributed by atoms with E-state index in [9.17, 15) is 5.11 Å². The number of hydrogen-bond donors (Lipinski definition) is 3. The zero-order chi connectivity index (χ0) is 6.74. The first-order valence-electron chi connectivity index (χ1n) is 3.39. The molecule has 3 N–H and O–H groups in total. The Morgan fingerprint density at radius 3 is 2.00 bits per heavy atom. The van der Waals surface area contributed by atoms with Crippen molar-refractivity contribution in [2.75, 3.05) is 20.1 Å². The van der Waals surface area contributed by atoms with Gasteiger partial charge in [0, 0.05) is 12.8 Å². The fourth-order valence-electron chi connectivity index (χ4n) is 1.09. The van der Waals surface area contributed by atoms with Crippen LogP contribution >= 0.6 is 24.8 Å². The van der Waals surface area contributed by atoms with Crippen molar-refractivity contribution in [1.82, 2.24) is 10.6 Å². The Labute approximate surface area is 79.8 Å². The summed E-state index contributed by atoms with van der Waals surface area (Å²) < 4.78 is 0. The monoisotopic (exact) mass is 202 g/mol. The van der Waals surface area contributed by atoms with Gasteiger partial charge >= 0.3 is 0 Å². The molecule has 1 aliphatic heterocycles. The van der Waals surface area contributed by atoms with Crippen LogP contribution in [0.5, 0.6) is 0 Å². The Hall–Kier alpha value is 0.460. The van der Waals surface area contributed by atoms with E-state index in [0.717, 1.165) is 25.9 Å². The first kappa shape index (κ1) is 14.0. The fraction of sp³-hybridized carbons (Fsp3) is 1.00. The molecule has 1 heterocycles. The van der Waals surface area contributed by atoms with Crippen LogP contribution in [0.15, 0.2) is 0 Å². The molecule has 0 spiro atoms. The molecule has 0 amide bonds. The second kappa shape index (κ2) is 6.03. The van der Waals surface area contributed by atoms with Gasteiger partial charge in [0.1, 0.15) is 5.72 Å². The van der Waals surface area contributed by atoms with Gasteiger partial charge < -0.3 is 10.4 Å². The SMILES string of the molecule is CNC1(O)CCNCC1.Cl.Cl. The molecule has 0 bridgehead atoms. The first-order chi connectivity index (χ1) is 4.27. The van der Waals surface area contributed by atoms with Crippen LogP contribution in [-0.2, 0) is 0 Å². The third-order valence-electron chi connectivity index (χ3n) is 1.90. The molecule has 70 valence electrons. The van der Waals surface area contributed by atoms with Gasteiger partial charge in [-0.15, -0.1) is 24.8 Å². The highest BCUT2D eigenvalue weighted by Gasteiger charge is 2.25. The summed E-state index contributed by atoms with van der Waals surface area (Å²) in [5.41, 5.74) is -0.592. The van der Waals surface area contributed by atoms with Crippen LogP contribution in [0.25, 0.3) is 0 Å². The molecule has 1 fully saturated rings. The lowest BCUT2D eigenvalue weighted by Crippen LogP contribution is -2.50. The molecule has 0 unspecified atom stereocenters. The van der Waals surface area contributed by atoms with Gasteiger partial charge in [-0.25, -0.2) is 0 Å². The quantitative estimate of drug-likeness (QED) is 0.530. The van der Waals surface area contributed by atoms with Crippen LogP contribution in [0.1, 0.15) is 12.8 Å². The van der Waals surface area contributed by atoms with E-state index in [1.807, 2.05) is 0 Å². The molecular weight excluding hydrogens is 187 g/mol. The maximum absolute atomic E-state index is 9.53. The van der Waals surface area contributed by atoms with Crippen molar-refractivity contribution in [3.63, 3.8) is 0 Å². The molecule has 0 radical (unpaired) electrons. The molecule has 0 atom stereocenters. The van der Waals surface area contributed by atoms with E-state index in [2.05, 4.69) is 10.6 Å². The number of aliphatic hydroxyl groups is 1. The van der Waals surface area contributed by atoms with Crippen LogP contribution < -0.4 is 10.6 Å².